The van der Waals surface area contributed by atoms with Crippen molar-refractivity contribution in [2.45, 2.75) is 172 Å². The SMILES string of the molecule is CC[C@H]1OC(=O)C[C@@H](O)[C@H](C)[C@@H](O[C@@H]2O[C@H](C)[C@@H](O)C(N(C)C)C2O)[C@@H](CCN2C=CC(CCCCl)N=N2)C[C@@H](C)C(=O)/C=C/C(C)=C/[C@@H]1CCO[C@@H]1OC(C)[C@@H](O)[C@H](OC)C1OC. The van der Waals surface area contributed by atoms with Gasteiger partial charge in [-0.25, -0.2) is 0 Å². The Morgan fingerprint density at radius 2 is 1.59 bits per heavy atom. The summed E-state index contributed by atoms with van der Waals surface area (Å²) in [6.07, 6.45) is 1.37. The van der Waals surface area contributed by atoms with Gasteiger partial charge in [0.1, 0.15) is 30.5 Å². The van der Waals surface area contributed by atoms with E-state index in [0.717, 1.165) is 18.4 Å². The number of halogens is 1. The highest BCUT2D eigenvalue weighted by Gasteiger charge is 2.48. The van der Waals surface area contributed by atoms with E-state index in [4.69, 9.17) is 44.8 Å². The number of hydrogen-bond acceptors (Lipinski definition) is 17. The van der Waals surface area contributed by atoms with Crippen molar-refractivity contribution in [3.05, 3.63) is 36.1 Å². The van der Waals surface area contributed by atoms with E-state index < -0.39 is 103 Å². The third-order valence-electron chi connectivity index (χ3n) is 13.1. The number of allylic oxidation sites excluding steroid dienone is 3. The Balaban J connectivity index is 1.65. The Kier molecular flexibility index (Phi) is 22.2. The minimum atomic E-state index is -1.27. The Labute approximate surface area is 385 Å². The van der Waals surface area contributed by atoms with Crippen molar-refractivity contribution < 1.29 is 63.2 Å². The molecule has 0 aromatic carbocycles. The van der Waals surface area contributed by atoms with Gasteiger partial charge in [0.25, 0.3) is 0 Å². The molecule has 0 amide bonds. The molecule has 4 heterocycles. The summed E-state index contributed by atoms with van der Waals surface area (Å²) in [5.74, 6) is -2.19. The summed E-state index contributed by atoms with van der Waals surface area (Å²) in [4.78, 5) is 29.5. The Hall–Kier alpha value is -2.39. The molecule has 4 rings (SSSR count). The molecule has 0 bridgehead atoms. The normalized spacial score (nSPS) is 40.9. The summed E-state index contributed by atoms with van der Waals surface area (Å²) in [5.41, 5.74) is 0.778. The monoisotopic (exact) mass is 929 g/mol. The molecular formula is C46H77ClN4O13. The zero-order chi connectivity index (χ0) is 47.2. The number of ether oxygens (including phenoxy) is 7. The molecule has 0 saturated carbocycles. The number of aliphatic hydroxyl groups is 4. The highest BCUT2D eigenvalue weighted by atomic mass is 35.5. The number of carbonyl (C=O) groups is 2. The molecule has 0 radical (unpaired) electrons. The van der Waals surface area contributed by atoms with Crippen LogP contribution in [0.5, 0.6) is 0 Å². The van der Waals surface area contributed by atoms with Gasteiger partial charge in [0.2, 0.25) is 0 Å². The van der Waals surface area contributed by atoms with Gasteiger partial charge in [0, 0.05) is 50.6 Å². The molecule has 0 aliphatic carbocycles. The van der Waals surface area contributed by atoms with Gasteiger partial charge in [-0.1, -0.05) is 43.7 Å². The van der Waals surface area contributed by atoms with Crippen LogP contribution in [-0.4, -0.2) is 175 Å². The predicted molar refractivity (Wildman–Crippen MR) is 239 cm³/mol. The lowest BCUT2D eigenvalue weighted by molar-refractivity contribution is -0.304. The van der Waals surface area contributed by atoms with E-state index in [1.165, 1.54) is 14.2 Å². The summed E-state index contributed by atoms with van der Waals surface area (Å²) in [6, 6.07) is -0.793. The predicted octanol–water partition coefficient (Wildman–Crippen LogP) is 4.34. The summed E-state index contributed by atoms with van der Waals surface area (Å²) in [7, 11) is 6.50. The van der Waals surface area contributed by atoms with Crippen molar-refractivity contribution in [3.8, 4) is 0 Å². The van der Waals surface area contributed by atoms with E-state index in [2.05, 4.69) is 10.3 Å². The van der Waals surface area contributed by atoms with Crippen molar-refractivity contribution in [2.75, 3.05) is 47.3 Å². The molecule has 4 aliphatic rings. The number of ketones is 1. The molecule has 4 N–H and O–H groups in total. The maximum absolute atomic E-state index is 14.0. The van der Waals surface area contributed by atoms with Crippen LogP contribution in [0.3, 0.4) is 0 Å². The number of alkyl halides is 1. The zero-order valence-electron chi connectivity index (χ0n) is 39.5. The number of likely N-dealkylation sites (N-methyl/N-ethyl adjacent to an activating group) is 1. The van der Waals surface area contributed by atoms with Gasteiger partial charge in [-0.05, 0) is 91.5 Å². The molecule has 17 nitrogen and oxygen atoms in total. The van der Waals surface area contributed by atoms with Gasteiger partial charge in [0.05, 0.1) is 55.6 Å². The van der Waals surface area contributed by atoms with Crippen LogP contribution in [0.1, 0.15) is 86.5 Å². The minimum Gasteiger partial charge on any atom is -0.462 e. The Morgan fingerprint density at radius 1 is 0.906 bits per heavy atom. The van der Waals surface area contributed by atoms with Crippen LogP contribution in [0.15, 0.2) is 46.4 Å². The second-order valence-corrected chi connectivity index (χ2v) is 18.6. The third-order valence-corrected chi connectivity index (χ3v) is 13.4. The number of rotatable bonds is 16. The summed E-state index contributed by atoms with van der Waals surface area (Å²) >= 11 is 5.90. The van der Waals surface area contributed by atoms with E-state index in [9.17, 15) is 30.0 Å². The van der Waals surface area contributed by atoms with Crippen LogP contribution in [0.25, 0.3) is 0 Å². The summed E-state index contributed by atoms with van der Waals surface area (Å²) in [5, 5.41) is 55.7. The lowest BCUT2D eigenvalue weighted by atomic mass is 9.79. The third kappa shape index (κ3) is 14.8. The number of esters is 1. The van der Waals surface area contributed by atoms with Gasteiger partial charge in [-0.15, -0.1) is 11.6 Å². The fourth-order valence-corrected chi connectivity index (χ4v) is 9.33. The van der Waals surface area contributed by atoms with Crippen molar-refractivity contribution in [2.24, 2.45) is 34.0 Å². The van der Waals surface area contributed by atoms with Crippen LogP contribution >= 0.6 is 11.6 Å². The second kappa shape index (κ2) is 26.2. The highest BCUT2D eigenvalue weighted by molar-refractivity contribution is 6.17. The molecule has 2 saturated heterocycles. The van der Waals surface area contributed by atoms with Crippen LogP contribution < -0.4 is 0 Å². The lowest BCUT2D eigenvalue weighted by Crippen LogP contribution is -2.63. The Morgan fingerprint density at radius 3 is 2.22 bits per heavy atom. The topological polar surface area (TPSA) is 211 Å². The number of methoxy groups -OCH3 is 2. The molecule has 18 atom stereocenters. The molecule has 0 aromatic rings. The van der Waals surface area contributed by atoms with E-state index in [1.54, 1.807) is 56.9 Å². The van der Waals surface area contributed by atoms with Gasteiger partial charge < -0.3 is 58.5 Å². The van der Waals surface area contributed by atoms with Gasteiger partial charge in [0.15, 0.2) is 18.4 Å². The van der Waals surface area contributed by atoms with Crippen molar-refractivity contribution >= 4 is 23.4 Å². The van der Waals surface area contributed by atoms with Crippen molar-refractivity contribution in [1.82, 2.24) is 9.91 Å². The molecule has 0 spiro atoms. The van der Waals surface area contributed by atoms with Crippen LogP contribution in [0.4, 0.5) is 0 Å². The molecule has 64 heavy (non-hydrogen) atoms. The summed E-state index contributed by atoms with van der Waals surface area (Å²) < 4.78 is 42.3. The molecule has 18 heteroatoms. The molecule has 0 aromatic heterocycles. The Bertz CT molecular complexity index is 1560. The largest absolute Gasteiger partial charge is 0.462 e. The highest BCUT2D eigenvalue weighted by Crippen LogP contribution is 2.35. The van der Waals surface area contributed by atoms with E-state index in [1.807, 2.05) is 39.1 Å². The van der Waals surface area contributed by atoms with E-state index in [0.29, 0.717) is 38.1 Å². The van der Waals surface area contributed by atoms with Gasteiger partial charge in [-0.3, -0.25) is 14.6 Å². The standard InChI is InChI=1S/C46H77ClN4O13/c1-11-36-31(18-22-60-46-44(59-10)43(58-9)40(56)30(6)62-46)23-26(2)14-15-34(52)27(3)24-32(16-20-51-21-17-33(48-49-51)13-12-19-47)42(28(4)35(53)25-37(54)63-36)64-45-41(57)38(50(7)8)39(55)29(5)61-45/h14-15,17,21,23,27-33,35-36,38-46,53,55-57H,11-13,16,18-20,22,24-25H2,1-10H3/b15-14+,26-23+/t27-,28+,29-,30?,31+,32+,33?,35-,36-,38?,39-,40-,41?,42-,43+,44?,45+,46-/m1/s1. The average Bonchev–Trinajstić information content (AvgIpc) is 3.26. The van der Waals surface area contributed by atoms with Gasteiger partial charge in [-0.2, -0.15) is 5.11 Å². The smallest absolute Gasteiger partial charge is 0.308 e. The lowest BCUT2D eigenvalue weighted by Gasteiger charge is -2.46. The molecule has 5 unspecified atom stereocenters. The maximum atomic E-state index is 14.0. The van der Waals surface area contributed by atoms with Crippen molar-refractivity contribution in [1.29, 1.82) is 0 Å². The number of aliphatic hydroxyl groups excluding tert-OH is 4. The quantitative estimate of drug-likeness (QED) is 0.125. The maximum Gasteiger partial charge on any atom is 0.308 e. The van der Waals surface area contributed by atoms with E-state index in [-0.39, 0.29) is 30.8 Å². The molecule has 4 aliphatic heterocycles. The fourth-order valence-electron chi connectivity index (χ4n) is 9.17. The number of carbonyl (C=O) groups excluding carboxylic acids is 2. The minimum absolute atomic E-state index is 0.0720. The average molecular weight is 930 g/mol. The first kappa shape index (κ1) is 54.2. The zero-order valence-corrected chi connectivity index (χ0v) is 40.2. The number of cyclic esters (lactones) is 1. The van der Waals surface area contributed by atoms with Gasteiger partial charge >= 0.3 is 5.97 Å². The summed E-state index contributed by atoms with van der Waals surface area (Å²) in [6.45, 7) is 11.4. The fraction of sp³-hybridized carbons (Fsp3) is 0.826. The molecule has 2 fully saturated rings. The van der Waals surface area contributed by atoms with Crippen LogP contribution in [-0.2, 0) is 42.7 Å². The van der Waals surface area contributed by atoms with Crippen molar-refractivity contribution in [3.63, 3.8) is 0 Å². The number of hydrogen-bond donors (Lipinski definition) is 4. The van der Waals surface area contributed by atoms with Crippen LogP contribution in [0.2, 0.25) is 0 Å². The first-order valence-corrected chi connectivity index (χ1v) is 23.5. The first-order valence-electron chi connectivity index (χ1n) is 23.0. The molecular weight excluding hydrogens is 852 g/mol. The van der Waals surface area contributed by atoms with Crippen LogP contribution in [0, 0.1) is 23.7 Å². The second-order valence-electron chi connectivity index (χ2n) is 18.2. The first-order chi connectivity index (χ1) is 30.4. The van der Waals surface area contributed by atoms with E-state index >= 15 is 0 Å². The number of nitrogens with zero attached hydrogens (tertiary/aromatic N) is 4. The molecule has 366 valence electrons.